The Balaban J connectivity index is 2.10. The van der Waals surface area contributed by atoms with E-state index in [2.05, 4.69) is 9.97 Å². The summed E-state index contributed by atoms with van der Waals surface area (Å²) in [6.07, 6.45) is 0. The third kappa shape index (κ3) is 2.29. The highest BCUT2D eigenvalue weighted by Gasteiger charge is 2.12. The summed E-state index contributed by atoms with van der Waals surface area (Å²) in [5.74, 6) is 0.616. The lowest BCUT2D eigenvalue weighted by Gasteiger charge is -2.17. The summed E-state index contributed by atoms with van der Waals surface area (Å²) in [4.78, 5) is 13.0. The molecule has 3 aromatic rings. The number of aromatic nitrogens is 2. The van der Waals surface area contributed by atoms with Gasteiger partial charge in [0.15, 0.2) is 0 Å². The van der Waals surface area contributed by atoms with Crippen LogP contribution in [0.15, 0.2) is 36.4 Å². The molecule has 0 atom stereocenters. The third-order valence-corrected chi connectivity index (χ3v) is 4.13. The summed E-state index contributed by atoms with van der Waals surface area (Å²) in [6.45, 7) is 2.04. The van der Waals surface area contributed by atoms with E-state index in [1.54, 1.807) is 11.3 Å². The quantitative estimate of drug-likeness (QED) is 0.654. The molecule has 0 aliphatic carbocycles. The number of nitrogens with zero attached hydrogens (tertiary/aromatic N) is 3. The molecule has 96 valence electrons. The van der Waals surface area contributed by atoms with Gasteiger partial charge in [-0.2, -0.15) is 4.98 Å². The summed E-state index contributed by atoms with van der Waals surface area (Å²) in [5, 5.41) is 1.43. The Bertz CT molecular complexity index is 724. The van der Waals surface area contributed by atoms with E-state index in [0.717, 1.165) is 15.9 Å². The summed E-state index contributed by atoms with van der Waals surface area (Å²) >= 11 is 7.87. The van der Waals surface area contributed by atoms with Gasteiger partial charge in [-0.05, 0) is 25.1 Å². The van der Waals surface area contributed by atoms with Gasteiger partial charge < -0.3 is 4.90 Å². The van der Waals surface area contributed by atoms with Gasteiger partial charge in [-0.1, -0.05) is 29.8 Å². The fraction of sp³-hybridized carbons (Fsp3) is 0.143. The van der Waals surface area contributed by atoms with Crippen molar-refractivity contribution in [1.82, 2.24) is 9.97 Å². The van der Waals surface area contributed by atoms with E-state index in [4.69, 9.17) is 11.6 Å². The van der Waals surface area contributed by atoms with Crippen LogP contribution >= 0.6 is 22.9 Å². The highest BCUT2D eigenvalue weighted by molar-refractivity contribution is 7.18. The highest BCUT2D eigenvalue weighted by atomic mass is 35.5. The average molecular weight is 290 g/mol. The highest BCUT2D eigenvalue weighted by Crippen LogP contribution is 2.31. The zero-order valence-corrected chi connectivity index (χ0v) is 12.2. The molecule has 3 rings (SSSR count). The fourth-order valence-corrected chi connectivity index (χ4v) is 3.06. The van der Waals surface area contributed by atoms with Gasteiger partial charge in [-0.3, -0.25) is 0 Å². The summed E-state index contributed by atoms with van der Waals surface area (Å²) in [7, 11) is 1.94. The lowest BCUT2D eigenvalue weighted by molar-refractivity contribution is 1.07. The molecule has 0 N–H and O–H groups in total. The molecule has 5 heteroatoms. The van der Waals surface area contributed by atoms with Crippen molar-refractivity contribution >= 4 is 44.8 Å². The van der Waals surface area contributed by atoms with Crippen molar-refractivity contribution in [3.8, 4) is 0 Å². The molecule has 0 aliphatic rings. The first-order valence-corrected chi connectivity index (χ1v) is 7.07. The van der Waals surface area contributed by atoms with Gasteiger partial charge in [-0.25, -0.2) is 4.98 Å². The molecule has 0 saturated carbocycles. The van der Waals surface area contributed by atoms with E-state index in [9.17, 15) is 0 Å². The summed E-state index contributed by atoms with van der Waals surface area (Å²) < 4.78 is 0. The van der Waals surface area contributed by atoms with Crippen molar-refractivity contribution in [2.45, 2.75) is 6.92 Å². The number of aryl methyl sites for hydroxylation is 1. The maximum Gasteiger partial charge on any atom is 0.232 e. The number of thiophene rings is 1. The minimum absolute atomic E-state index is 0.507. The van der Waals surface area contributed by atoms with Gasteiger partial charge >= 0.3 is 0 Å². The Hall–Kier alpha value is -1.65. The molecule has 2 heterocycles. The Labute approximate surface area is 120 Å². The number of para-hydroxylation sites is 1. The normalized spacial score (nSPS) is 10.9. The second-order valence-electron chi connectivity index (χ2n) is 4.28. The van der Waals surface area contributed by atoms with Crippen LogP contribution in [0.3, 0.4) is 0 Å². The number of halogens is 1. The molecule has 19 heavy (non-hydrogen) atoms. The Morgan fingerprint density at radius 1 is 1.16 bits per heavy atom. The second-order valence-corrected chi connectivity index (χ2v) is 5.88. The zero-order chi connectivity index (χ0) is 13.4. The van der Waals surface area contributed by atoms with Crippen molar-refractivity contribution < 1.29 is 0 Å². The standard InChI is InChI=1S/C14H12ClN3S/c1-9-8-11-12(15)16-14(17-13(11)19-9)18(2)10-6-4-3-5-7-10/h3-8H,1-2H3. The van der Waals surface area contributed by atoms with E-state index in [1.165, 1.54) is 4.88 Å². The molecule has 0 amide bonds. The Morgan fingerprint density at radius 2 is 1.89 bits per heavy atom. The molecule has 0 aliphatic heterocycles. The number of hydrogen-bond acceptors (Lipinski definition) is 4. The van der Waals surface area contributed by atoms with Crippen molar-refractivity contribution in [2.75, 3.05) is 11.9 Å². The van der Waals surface area contributed by atoms with Crippen molar-refractivity contribution in [2.24, 2.45) is 0 Å². The van der Waals surface area contributed by atoms with Crippen LogP contribution in [0.4, 0.5) is 11.6 Å². The molecule has 1 aromatic carbocycles. The number of hydrogen-bond donors (Lipinski definition) is 0. The van der Waals surface area contributed by atoms with Crippen LogP contribution in [0.1, 0.15) is 4.88 Å². The molecular weight excluding hydrogens is 278 g/mol. The van der Waals surface area contributed by atoms with E-state index in [1.807, 2.05) is 55.3 Å². The monoisotopic (exact) mass is 289 g/mol. The van der Waals surface area contributed by atoms with Gasteiger partial charge in [0.25, 0.3) is 0 Å². The van der Waals surface area contributed by atoms with Crippen LogP contribution in [0.25, 0.3) is 10.2 Å². The maximum absolute atomic E-state index is 6.24. The molecule has 0 unspecified atom stereocenters. The predicted molar refractivity (Wildman–Crippen MR) is 81.7 cm³/mol. The van der Waals surface area contributed by atoms with Crippen LogP contribution in [0, 0.1) is 6.92 Å². The summed E-state index contributed by atoms with van der Waals surface area (Å²) in [6, 6.07) is 12.0. The van der Waals surface area contributed by atoms with E-state index >= 15 is 0 Å². The van der Waals surface area contributed by atoms with Gasteiger partial charge in [0.1, 0.15) is 9.98 Å². The first-order chi connectivity index (χ1) is 9.15. The van der Waals surface area contributed by atoms with Gasteiger partial charge in [0.05, 0.1) is 0 Å². The van der Waals surface area contributed by atoms with E-state index in [-0.39, 0.29) is 0 Å². The van der Waals surface area contributed by atoms with Gasteiger partial charge in [0, 0.05) is 23.0 Å². The molecule has 0 saturated heterocycles. The molecular formula is C14H12ClN3S. The van der Waals surface area contributed by atoms with E-state index < -0.39 is 0 Å². The SMILES string of the molecule is Cc1cc2c(Cl)nc(N(C)c3ccccc3)nc2s1. The number of anilines is 2. The van der Waals surface area contributed by atoms with Gasteiger partial charge in [-0.15, -0.1) is 11.3 Å². The first-order valence-electron chi connectivity index (χ1n) is 5.87. The molecule has 0 bridgehead atoms. The lowest BCUT2D eigenvalue weighted by atomic mass is 10.3. The van der Waals surface area contributed by atoms with Crippen LogP contribution in [-0.4, -0.2) is 17.0 Å². The summed E-state index contributed by atoms with van der Waals surface area (Å²) in [5.41, 5.74) is 1.03. The smallest absolute Gasteiger partial charge is 0.232 e. The van der Waals surface area contributed by atoms with Gasteiger partial charge in [0.2, 0.25) is 5.95 Å². The lowest BCUT2D eigenvalue weighted by Crippen LogP contribution is -2.12. The average Bonchev–Trinajstić information content (AvgIpc) is 2.80. The maximum atomic E-state index is 6.24. The number of rotatable bonds is 2. The minimum atomic E-state index is 0.507. The third-order valence-electron chi connectivity index (χ3n) is 2.90. The predicted octanol–water partition coefficient (Wildman–Crippen LogP) is 4.42. The number of benzene rings is 1. The minimum Gasteiger partial charge on any atom is -0.314 e. The van der Waals surface area contributed by atoms with Crippen LogP contribution in [0.2, 0.25) is 5.15 Å². The molecule has 0 fully saturated rings. The van der Waals surface area contributed by atoms with Crippen molar-refractivity contribution in [3.63, 3.8) is 0 Å². The largest absolute Gasteiger partial charge is 0.314 e. The first kappa shape index (κ1) is 12.4. The number of fused-ring (bicyclic) bond motifs is 1. The van der Waals surface area contributed by atoms with Crippen LogP contribution < -0.4 is 4.90 Å². The topological polar surface area (TPSA) is 29.0 Å². The molecule has 0 spiro atoms. The van der Waals surface area contributed by atoms with Crippen LogP contribution in [0.5, 0.6) is 0 Å². The fourth-order valence-electron chi connectivity index (χ4n) is 1.91. The van der Waals surface area contributed by atoms with Crippen molar-refractivity contribution in [3.05, 3.63) is 46.4 Å². The second kappa shape index (κ2) is 4.79. The molecule has 2 aromatic heterocycles. The van der Waals surface area contributed by atoms with Crippen LogP contribution in [-0.2, 0) is 0 Å². The zero-order valence-electron chi connectivity index (χ0n) is 10.6. The Morgan fingerprint density at radius 3 is 2.63 bits per heavy atom. The molecule has 0 radical (unpaired) electrons. The van der Waals surface area contributed by atoms with E-state index in [0.29, 0.717) is 11.1 Å². The van der Waals surface area contributed by atoms with Crippen molar-refractivity contribution in [1.29, 1.82) is 0 Å². The molecule has 3 nitrogen and oxygen atoms in total. The Kier molecular flexibility index (Phi) is 3.12.